The fraction of sp³-hybridized carbons (Fsp3) is 0.375. The van der Waals surface area contributed by atoms with Gasteiger partial charge in [-0.05, 0) is 43.3 Å². The van der Waals surface area contributed by atoms with Gasteiger partial charge >= 0.3 is 11.7 Å². The molecule has 0 spiro atoms. The van der Waals surface area contributed by atoms with Crippen molar-refractivity contribution in [3.63, 3.8) is 0 Å². The summed E-state index contributed by atoms with van der Waals surface area (Å²) >= 11 is 0. The van der Waals surface area contributed by atoms with E-state index in [0.29, 0.717) is 28.0 Å². The molecule has 36 heavy (non-hydrogen) atoms. The molecule has 0 saturated carbocycles. The molecule has 0 aliphatic carbocycles. The minimum atomic E-state index is -1.17. The van der Waals surface area contributed by atoms with Crippen LogP contribution in [0.1, 0.15) is 24.1 Å². The van der Waals surface area contributed by atoms with Gasteiger partial charge in [0.1, 0.15) is 23.9 Å². The van der Waals surface area contributed by atoms with Crippen LogP contribution in [-0.2, 0) is 25.5 Å². The summed E-state index contributed by atoms with van der Waals surface area (Å²) < 4.78 is 15.8. The molecule has 4 bridgehead atoms. The normalized spacial score (nSPS) is 19.9. The van der Waals surface area contributed by atoms with Crippen molar-refractivity contribution < 1.29 is 33.5 Å². The van der Waals surface area contributed by atoms with Gasteiger partial charge in [0.25, 0.3) is 0 Å². The number of likely N-dealkylation sites (N-methyl/N-ethyl adjacent to an activating group) is 1. The Kier molecular flexibility index (Phi) is 8.10. The zero-order chi connectivity index (χ0) is 26.6. The van der Waals surface area contributed by atoms with Crippen LogP contribution in [0.15, 0.2) is 30.3 Å². The molecule has 0 saturated heterocycles. The van der Waals surface area contributed by atoms with Crippen LogP contribution in [0.25, 0.3) is 11.1 Å². The third-order valence-corrected chi connectivity index (χ3v) is 5.92. The van der Waals surface area contributed by atoms with Gasteiger partial charge in [-0.15, -0.1) is 0 Å². The molecule has 2 amide bonds. The molecule has 0 aromatic heterocycles. The van der Waals surface area contributed by atoms with Crippen molar-refractivity contribution in [2.24, 2.45) is 0 Å². The Morgan fingerprint density at radius 1 is 1.06 bits per heavy atom. The van der Waals surface area contributed by atoms with Gasteiger partial charge in [0.2, 0.25) is 17.6 Å². The van der Waals surface area contributed by atoms with E-state index in [1.54, 1.807) is 31.3 Å². The number of methoxy groups -OCH3 is 3. The second-order valence-electron chi connectivity index (χ2n) is 8.15. The van der Waals surface area contributed by atoms with Crippen molar-refractivity contribution in [3.8, 4) is 22.6 Å². The van der Waals surface area contributed by atoms with Crippen LogP contribution in [0.2, 0.25) is 0 Å². The van der Waals surface area contributed by atoms with Gasteiger partial charge in [-0.2, -0.15) is 0 Å². The van der Waals surface area contributed by atoms with Gasteiger partial charge in [-0.25, -0.2) is 4.79 Å². The monoisotopic (exact) mass is 500 g/mol. The Morgan fingerprint density at radius 3 is 2.36 bits per heavy atom. The van der Waals surface area contributed by atoms with Crippen LogP contribution >= 0.6 is 0 Å². The lowest BCUT2D eigenvalue weighted by molar-refractivity contribution is -0.385. The Labute approximate surface area is 207 Å². The number of esters is 1. The summed E-state index contributed by atoms with van der Waals surface area (Å²) in [5.41, 5.74) is 1.32. The lowest BCUT2D eigenvalue weighted by Crippen LogP contribution is -2.52. The number of nitrogens with one attached hydrogen (secondary N) is 3. The number of carbonyl (C=O) groups excluding carboxylic acids is 3. The number of nitro groups is 1. The quantitative estimate of drug-likeness (QED) is 0.312. The van der Waals surface area contributed by atoms with E-state index in [4.69, 9.17) is 14.2 Å². The summed E-state index contributed by atoms with van der Waals surface area (Å²) in [6, 6.07) is 4.87. The second-order valence-corrected chi connectivity index (χ2v) is 8.15. The zero-order valence-electron chi connectivity index (χ0n) is 20.5. The Hall–Kier alpha value is -4.19. The Balaban J connectivity index is 2.36. The molecule has 1 aliphatic heterocycles. The van der Waals surface area contributed by atoms with E-state index in [1.807, 2.05) is 0 Å². The maximum atomic E-state index is 13.1. The van der Waals surface area contributed by atoms with Gasteiger partial charge in [-0.1, -0.05) is 6.07 Å². The average Bonchev–Trinajstić information content (AvgIpc) is 2.86. The molecule has 12 nitrogen and oxygen atoms in total. The first-order chi connectivity index (χ1) is 17.1. The molecule has 2 aromatic carbocycles. The first-order valence-corrected chi connectivity index (χ1v) is 11.0. The van der Waals surface area contributed by atoms with Gasteiger partial charge in [-0.3, -0.25) is 19.7 Å². The molecule has 192 valence electrons. The lowest BCUT2D eigenvalue weighted by atomic mass is 9.93. The first kappa shape index (κ1) is 26.4. The molecule has 3 N–H and O–H groups in total. The highest BCUT2D eigenvalue weighted by Gasteiger charge is 2.31. The molecular formula is C24H28N4O8. The molecule has 1 aliphatic rings. The van der Waals surface area contributed by atoms with E-state index in [9.17, 15) is 24.5 Å². The highest BCUT2D eigenvalue weighted by Crippen LogP contribution is 2.43. The van der Waals surface area contributed by atoms with E-state index in [1.165, 1.54) is 34.3 Å². The van der Waals surface area contributed by atoms with Crippen LogP contribution < -0.4 is 25.4 Å². The number of carbonyl (C=O) groups is 3. The molecule has 1 heterocycles. The number of ether oxygens (including phenoxy) is 3. The summed E-state index contributed by atoms with van der Waals surface area (Å²) in [6.07, 6.45) is -0.113. The molecule has 0 radical (unpaired) electrons. The SMILES string of the molecule is CN[C@@H]1C(=O)N[C@@H](C)C(=O)N[C@H](C(=O)OC)Cc2cc(c(OC)c([N+](=O)[O-])c2)-c2cc1ccc2OC. The molecule has 3 rings (SSSR count). The third kappa shape index (κ3) is 5.23. The topological polar surface area (TPSA) is 158 Å². The van der Waals surface area contributed by atoms with E-state index >= 15 is 0 Å². The van der Waals surface area contributed by atoms with Crippen molar-refractivity contribution in [1.29, 1.82) is 0 Å². The van der Waals surface area contributed by atoms with Crippen LogP contribution in [-0.4, -0.2) is 63.2 Å². The fourth-order valence-corrected chi connectivity index (χ4v) is 4.13. The summed E-state index contributed by atoms with van der Waals surface area (Å²) in [6.45, 7) is 1.48. The standard InChI is InChI=1S/C24H28N4O8/c1-12-22(29)27-17(24(31)36-5)9-13-8-16(21(35-4)18(10-13)28(32)33)15-11-14(6-7-19(15)34-3)20(25-2)23(30)26-12/h6-8,10-12,17,20,25H,9H2,1-5H3,(H,26,30)(H,27,29)/t12-,17-,20-/m0/s1. The summed E-state index contributed by atoms with van der Waals surface area (Å²) in [4.78, 5) is 49.7. The predicted octanol–water partition coefficient (Wildman–Crippen LogP) is 1.26. The molecule has 12 heteroatoms. The number of nitro benzene ring substituents is 1. The molecule has 2 aromatic rings. The number of benzene rings is 2. The maximum Gasteiger partial charge on any atom is 0.328 e. The first-order valence-electron chi connectivity index (χ1n) is 11.0. The van der Waals surface area contributed by atoms with E-state index in [0.717, 1.165) is 0 Å². The number of hydrogen-bond acceptors (Lipinski definition) is 9. The smallest absolute Gasteiger partial charge is 0.328 e. The molecule has 0 unspecified atom stereocenters. The van der Waals surface area contributed by atoms with Crippen LogP contribution in [0.4, 0.5) is 5.69 Å². The van der Waals surface area contributed by atoms with Crippen molar-refractivity contribution in [1.82, 2.24) is 16.0 Å². The molecular weight excluding hydrogens is 472 g/mol. The summed E-state index contributed by atoms with van der Waals surface area (Å²) in [5.74, 6) is -1.50. The Morgan fingerprint density at radius 2 is 1.78 bits per heavy atom. The number of nitrogens with zero attached hydrogens (tertiary/aromatic N) is 1. The molecule has 3 atom stereocenters. The van der Waals surface area contributed by atoms with Crippen molar-refractivity contribution >= 4 is 23.5 Å². The van der Waals surface area contributed by atoms with E-state index in [-0.39, 0.29) is 17.9 Å². The number of amides is 2. The van der Waals surface area contributed by atoms with Crippen molar-refractivity contribution in [2.45, 2.75) is 31.5 Å². The van der Waals surface area contributed by atoms with Crippen LogP contribution in [0.5, 0.6) is 11.5 Å². The number of hydrogen-bond donors (Lipinski definition) is 3. The summed E-state index contributed by atoms with van der Waals surface area (Å²) in [7, 11) is 5.51. The van der Waals surface area contributed by atoms with Gasteiger partial charge in [0.15, 0.2) is 0 Å². The van der Waals surface area contributed by atoms with Gasteiger partial charge in [0.05, 0.1) is 26.3 Å². The fourth-order valence-electron chi connectivity index (χ4n) is 4.13. The maximum absolute atomic E-state index is 13.1. The van der Waals surface area contributed by atoms with Gasteiger partial charge < -0.3 is 30.2 Å². The van der Waals surface area contributed by atoms with Crippen molar-refractivity contribution in [2.75, 3.05) is 28.4 Å². The van der Waals surface area contributed by atoms with Gasteiger partial charge in [0, 0.05) is 23.6 Å². The van der Waals surface area contributed by atoms with Crippen molar-refractivity contribution in [3.05, 3.63) is 51.6 Å². The zero-order valence-corrected chi connectivity index (χ0v) is 20.5. The minimum Gasteiger partial charge on any atom is -0.496 e. The predicted molar refractivity (Wildman–Crippen MR) is 129 cm³/mol. The third-order valence-electron chi connectivity index (χ3n) is 5.92. The molecule has 0 fully saturated rings. The highest BCUT2D eigenvalue weighted by atomic mass is 16.6. The van der Waals surface area contributed by atoms with Crippen LogP contribution in [0, 0.1) is 10.1 Å². The van der Waals surface area contributed by atoms with Crippen LogP contribution in [0.3, 0.4) is 0 Å². The number of rotatable bonds is 5. The minimum absolute atomic E-state index is 0.0240. The second kappa shape index (κ2) is 11.0. The largest absolute Gasteiger partial charge is 0.496 e. The lowest BCUT2D eigenvalue weighted by Gasteiger charge is -2.24. The Bertz CT molecular complexity index is 1200. The average molecular weight is 501 g/mol. The summed E-state index contributed by atoms with van der Waals surface area (Å²) in [5, 5.41) is 20.1. The van der Waals surface area contributed by atoms with E-state index in [2.05, 4.69) is 16.0 Å². The number of fused-ring (bicyclic) bond motifs is 5. The highest BCUT2D eigenvalue weighted by molar-refractivity contribution is 5.93. The van der Waals surface area contributed by atoms with E-state index < -0.39 is 40.8 Å².